The van der Waals surface area contributed by atoms with Crippen molar-refractivity contribution in [2.45, 2.75) is 18.9 Å². The first kappa shape index (κ1) is 14.5. The molecule has 116 valence electrons. The number of hydrogen-bond donors (Lipinski definition) is 1. The lowest BCUT2D eigenvalue weighted by atomic mass is 10.0. The van der Waals surface area contributed by atoms with Gasteiger partial charge in [0.15, 0.2) is 5.69 Å². The van der Waals surface area contributed by atoms with Gasteiger partial charge >= 0.3 is 0 Å². The molecule has 1 fully saturated rings. The fourth-order valence-electron chi connectivity index (χ4n) is 2.58. The Hall–Kier alpha value is -2.04. The molecular formula is C17H13Cl2N3O. The molecule has 2 aromatic heterocycles. The van der Waals surface area contributed by atoms with Gasteiger partial charge in [-0.05, 0) is 42.7 Å². The van der Waals surface area contributed by atoms with Crippen LogP contribution in [0.5, 0.6) is 0 Å². The minimum Gasteiger partial charge on any atom is -0.348 e. The first-order valence-electron chi connectivity index (χ1n) is 7.37. The van der Waals surface area contributed by atoms with Crippen LogP contribution >= 0.6 is 23.2 Å². The second-order valence-corrected chi connectivity index (χ2v) is 6.45. The molecular weight excluding hydrogens is 333 g/mol. The summed E-state index contributed by atoms with van der Waals surface area (Å²) in [6.07, 6.45) is 3.88. The molecule has 3 aromatic rings. The van der Waals surface area contributed by atoms with Crippen LogP contribution in [-0.4, -0.2) is 21.6 Å². The standard InChI is InChI=1S/C17H13Cl2N3O/c18-12-7-4-10(9-13(12)19)15-14-3-1-2-8-22(14)21-16(15)17(23)20-11-5-6-11/h1-4,7-9,11H,5-6H2,(H,20,23). The lowest BCUT2D eigenvalue weighted by molar-refractivity contribution is 0.0946. The molecule has 2 heterocycles. The van der Waals surface area contributed by atoms with E-state index in [4.69, 9.17) is 23.2 Å². The average molecular weight is 346 g/mol. The van der Waals surface area contributed by atoms with E-state index < -0.39 is 0 Å². The molecule has 6 heteroatoms. The molecule has 0 radical (unpaired) electrons. The third kappa shape index (κ3) is 2.69. The van der Waals surface area contributed by atoms with Crippen molar-refractivity contribution in [3.05, 3.63) is 58.3 Å². The van der Waals surface area contributed by atoms with E-state index in [-0.39, 0.29) is 11.9 Å². The van der Waals surface area contributed by atoms with Crippen LogP contribution in [0.15, 0.2) is 42.6 Å². The average Bonchev–Trinajstić information content (AvgIpc) is 3.27. The highest BCUT2D eigenvalue weighted by Crippen LogP contribution is 2.33. The highest BCUT2D eigenvalue weighted by Gasteiger charge is 2.27. The second kappa shape index (κ2) is 5.55. The Morgan fingerprint density at radius 1 is 1.17 bits per heavy atom. The van der Waals surface area contributed by atoms with E-state index in [2.05, 4.69) is 10.4 Å². The Bertz CT molecular complexity index is 915. The second-order valence-electron chi connectivity index (χ2n) is 5.63. The minimum atomic E-state index is -0.155. The first-order chi connectivity index (χ1) is 11.1. The maximum atomic E-state index is 12.6. The summed E-state index contributed by atoms with van der Waals surface area (Å²) < 4.78 is 1.71. The van der Waals surface area contributed by atoms with Crippen LogP contribution in [0.2, 0.25) is 10.0 Å². The molecule has 1 aliphatic rings. The van der Waals surface area contributed by atoms with Crippen molar-refractivity contribution in [3.8, 4) is 11.1 Å². The van der Waals surface area contributed by atoms with Gasteiger partial charge in [0.25, 0.3) is 5.91 Å². The maximum absolute atomic E-state index is 12.6. The van der Waals surface area contributed by atoms with Gasteiger partial charge in [0, 0.05) is 17.8 Å². The van der Waals surface area contributed by atoms with Gasteiger partial charge in [-0.3, -0.25) is 4.79 Å². The number of aromatic nitrogens is 2. The summed E-state index contributed by atoms with van der Waals surface area (Å²) in [4.78, 5) is 12.6. The number of benzene rings is 1. The molecule has 0 spiro atoms. The van der Waals surface area contributed by atoms with Gasteiger partial charge in [-0.15, -0.1) is 0 Å². The number of fused-ring (bicyclic) bond motifs is 1. The van der Waals surface area contributed by atoms with Gasteiger partial charge in [0.2, 0.25) is 0 Å². The van der Waals surface area contributed by atoms with Gasteiger partial charge in [-0.25, -0.2) is 4.52 Å². The van der Waals surface area contributed by atoms with Crippen molar-refractivity contribution in [2.24, 2.45) is 0 Å². The summed E-state index contributed by atoms with van der Waals surface area (Å²) in [5.41, 5.74) is 2.84. The number of rotatable bonds is 3. The summed E-state index contributed by atoms with van der Waals surface area (Å²) in [7, 11) is 0. The molecule has 1 N–H and O–H groups in total. The van der Waals surface area contributed by atoms with Crippen LogP contribution in [-0.2, 0) is 0 Å². The van der Waals surface area contributed by atoms with E-state index in [1.807, 2.05) is 30.5 Å². The Morgan fingerprint density at radius 2 is 2.00 bits per heavy atom. The van der Waals surface area contributed by atoms with E-state index in [0.29, 0.717) is 15.7 Å². The van der Waals surface area contributed by atoms with Gasteiger partial charge in [-0.2, -0.15) is 5.10 Å². The normalized spacial score (nSPS) is 14.2. The molecule has 1 aliphatic carbocycles. The number of hydrogen-bond acceptors (Lipinski definition) is 2. The molecule has 1 aromatic carbocycles. The number of nitrogens with zero attached hydrogens (tertiary/aromatic N) is 2. The first-order valence-corrected chi connectivity index (χ1v) is 8.13. The van der Waals surface area contributed by atoms with E-state index in [1.54, 1.807) is 16.6 Å². The molecule has 0 saturated heterocycles. The van der Waals surface area contributed by atoms with E-state index in [0.717, 1.165) is 29.5 Å². The summed E-state index contributed by atoms with van der Waals surface area (Å²) >= 11 is 12.2. The number of amides is 1. The van der Waals surface area contributed by atoms with Crippen molar-refractivity contribution in [3.63, 3.8) is 0 Å². The van der Waals surface area contributed by atoms with Crippen LogP contribution in [0.1, 0.15) is 23.3 Å². The Kier molecular flexibility index (Phi) is 3.51. The summed E-state index contributed by atoms with van der Waals surface area (Å²) in [5, 5.41) is 8.38. The van der Waals surface area contributed by atoms with Crippen LogP contribution < -0.4 is 5.32 Å². The van der Waals surface area contributed by atoms with E-state index in [9.17, 15) is 4.79 Å². The molecule has 4 rings (SSSR count). The Labute approximate surface area is 143 Å². The fraction of sp³-hybridized carbons (Fsp3) is 0.176. The number of carbonyl (C=O) groups excluding carboxylic acids is 1. The Balaban J connectivity index is 1.91. The van der Waals surface area contributed by atoms with E-state index >= 15 is 0 Å². The topological polar surface area (TPSA) is 46.4 Å². The zero-order valence-corrected chi connectivity index (χ0v) is 13.6. The highest BCUT2D eigenvalue weighted by molar-refractivity contribution is 6.42. The molecule has 0 unspecified atom stereocenters. The summed E-state index contributed by atoms with van der Waals surface area (Å²) in [6, 6.07) is 11.3. The molecule has 4 nitrogen and oxygen atoms in total. The van der Waals surface area contributed by atoms with Gasteiger partial charge in [0.1, 0.15) is 0 Å². The third-order valence-corrected chi connectivity index (χ3v) is 4.61. The van der Waals surface area contributed by atoms with Crippen LogP contribution in [0.25, 0.3) is 16.6 Å². The number of carbonyl (C=O) groups is 1. The fourth-order valence-corrected chi connectivity index (χ4v) is 2.87. The monoisotopic (exact) mass is 345 g/mol. The number of halogens is 2. The van der Waals surface area contributed by atoms with Crippen LogP contribution in [0.4, 0.5) is 0 Å². The zero-order valence-electron chi connectivity index (χ0n) is 12.1. The third-order valence-electron chi connectivity index (χ3n) is 3.88. The Morgan fingerprint density at radius 3 is 2.74 bits per heavy atom. The van der Waals surface area contributed by atoms with Crippen molar-refractivity contribution in [2.75, 3.05) is 0 Å². The quantitative estimate of drug-likeness (QED) is 0.773. The SMILES string of the molecule is O=C(NC1CC1)c1nn2ccccc2c1-c1ccc(Cl)c(Cl)c1. The minimum absolute atomic E-state index is 0.155. The largest absolute Gasteiger partial charge is 0.348 e. The molecule has 1 saturated carbocycles. The van der Waals surface area contributed by atoms with Crippen LogP contribution in [0.3, 0.4) is 0 Å². The lowest BCUT2D eigenvalue weighted by Crippen LogP contribution is -2.26. The predicted octanol–water partition coefficient (Wildman–Crippen LogP) is 4.20. The van der Waals surface area contributed by atoms with Crippen molar-refractivity contribution in [1.29, 1.82) is 0 Å². The van der Waals surface area contributed by atoms with E-state index in [1.165, 1.54) is 0 Å². The molecule has 0 bridgehead atoms. The molecule has 0 aliphatic heterocycles. The van der Waals surface area contributed by atoms with Crippen LogP contribution in [0, 0.1) is 0 Å². The summed E-state index contributed by atoms with van der Waals surface area (Å²) in [5.74, 6) is -0.155. The number of nitrogens with one attached hydrogen (secondary N) is 1. The van der Waals surface area contributed by atoms with Gasteiger partial charge in [0.05, 0.1) is 15.6 Å². The van der Waals surface area contributed by atoms with Crippen molar-refractivity contribution in [1.82, 2.24) is 14.9 Å². The smallest absolute Gasteiger partial charge is 0.272 e. The highest BCUT2D eigenvalue weighted by atomic mass is 35.5. The zero-order chi connectivity index (χ0) is 16.0. The predicted molar refractivity (Wildman–Crippen MR) is 91.1 cm³/mol. The van der Waals surface area contributed by atoms with Crippen molar-refractivity contribution >= 4 is 34.6 Å². The van der Waals surface area contributed by atoms with Gasteiger partial charge in [-0.1, -0.05) is 35.3 Å². The molecule has 1 amide bonds. The lowest BCUT2D eigenvalue weighted by Gasteiger charge is -2.06. The maximum Gasteiger partial charge on any atom is 0.272 e. The molecule has 23 heavy (non-hydrogen) atoms. The molecule has 0 atom stereocenters. The summed E-state index contributed by atoms with van der Waals surface area (Å²) in [6.45, 7) is 0. The van der Waals surface area contributed by atoms with Gasteiger partial charge < -0.3 is 5.32 Å². The number of pyridine rings is 1. The van der Waals surface area contributed by atoms with Crippen molar-refractivity contribution < 1.29 is 4.79 Å².